The maximum Gasteiger partial charge on any atom is 0.251 e. The number of carbonyl (C=O) groups excluding carboxylic acids is 1. The first-order chi connectivity index (χ1) is 14.9. The maximum atomic E-state index is 12.9. The molecule has 3 aromatic rings. The number of aryl methyl sites for hydroxylation is 1. The van der Waals surface area contributed by atoms with E-state index < -0.39 is 10.0 Å². The Hall–Kier alpha value is -2.88. The molecule has 2 aromatic carbocycles. The zero-order valence-corrected chi connectivity index (χ0v) is 18.5. The summed E-state index contributed by atoms with van der Waals surface area (Å²) in [6, 6.07) is 11.1. The second-order valence-corrected chi connectivity index (χ2v) is 8.90. The van der Waals surface area contributed by atoms with Crippen LogP contribution in [-0.4, -0.2) is 37.5 Å². The molecule has 10 heteroatoms. The summed E-state index contributed by atoms with van der Waals surface area (Å²) in [5.41, 5.74) is 0.981. The Labute approximate surface area is 186 Å². The second-order valence-electron chi connectivity index (χ2n) is 6.73. The number of benzene rings is 2. The Bertz CT molecular complexity index is 1120. The van der Waals surface area contributed by atoms with Gasteiger partial charge in [-0.1, -0.05) is 23.7 Å². The highest BCUT2D eigenvalue weighted by Crippen LogP contribution is 2.25. The Kier molecular flexibility index (Phi) is 7.67. The number of carbonyl (C=O) groups is 1. The summed E-state index contributed by atoms with van der Waals surface area (Å²) < 4.78 is 35.4. The van der Waals surface area contributed by atoms with Gasteiger partial charge in [0.25, 0.3) is 5.91 Å². The molecule has 31 heavy (non-hydrogen) atoms. The number of ether oxygens (including phenoxy) is 1. The van der Waals surface area contributed by atoms with Crippen LogP contribution in [0, 0.1) is 0 Å². The van der Waals surface area contributed by atoms with Crippen molar-refractivity contribution in [3.63, 3.8) is 0 Å². The summed E-state index contributed by atoms with van der Waals surface area (Å²) in [7, 11) is -2.54. The van der Waals surface area contributed by atoms with Crippen LogP contribution in [0.25, 0.3) is 0 Å². The standard InChI is InChI=1S/C21H23ClN4O4S/c1-30-19-8-5-17(21(27)24-9-2-11-26-12-10-23-15-26)13-20(19)31(28,29)25-14-16-3-6-18(22)7-4-16/h3-8,10,12-13,15,25H,2,9,11,14H2,1H3,(H,24,27). The van der Waals surface area contributed by atoms with Gasteiger partial charge in [0.05, 0.1) is 13.4 Å². The van der Waals surface area contributed by atoms with Crippen molar-refractivity contribution in [1.29, 1.82) is 0 Å². The lowest BCUT2D eigenvalue weighted by molar-refractivity contribution is 0.0952. The molecule has 0 radical (unpaired) electrons. The van der Waals surface area contributed by atoms with E-state index in [0.29, 0.717) is 18.0 Å². The van der Waals surface area contributed by atoms with Crippen molar-refractivity contribution in [3.8, 4) is 5.75 Å². The molecule has 164 valence electrons. The van der Waals surface area contributed by atoms with Crippen molar-refractivity contribution in [2.75, 3.05) is 13.7 Å². The van der Waals surface area contributed by atoms with E-state index in [4.69, 9.17) is 16.3 Å². The van der Waals surface area contributed by atoms with Gasteiger partial charge < -0.3 is 14.6 Å². The van der Waals surface area contributed by atoms with Crippen LogP contribution in [0.3, 0.4) is 0 Å². The molecule has 0 spiro atoms. The number of aromatic nitrogens is 2. The molecule has 0 atom stereocenters. The van der Waals surface area contributed by atoms with Crippen molar-refractivity contribution >= 4 is 27.5 Å². The summed E-state index contributed by atoms with van der Waals surface area (Å²) in [6.45, 7) is 1.24. The topological polar surface area (TPSA) is 102 Å². The molecule has 2 N–H and O–H groups in total. The van der Waals surface area contributed by atoms with Crippen LogP contribution in [0.5, 0.6) is 5.75 Å². The maximum absolute atomic E-state index is 12.9. The second kappa shape index (κ2) is 10.4. The van der Waals surface area contributed by atoms with Crippen LogP contribution >= 0.6 is 11.6 Å². The highest BCUT2D eigenvalue weighted by molar-refractivity contribution is 7.89. The molecule has 0 aliphatic rings. The predicted octanol–water partition coefficient (Wildman–Crippen LogP) is 2.84. The van der Waals surface area contributed by atoms with Gasteiger partial charge in [-0.3, -0.25) is 4.79 Å². The minimum atomic E-state index is -3.92. The van der Waals surface area contributed by atoms with E-state index in [1.165, 1.54) is 25.3 Å². The van der Waals surface area contributed by atoms with Crippen LogP contribution in [0.4, 0.5) is 0 Å². The molecule has 3 rings (SSSR count). The lowest BCUT2D eigenvalue weighted by Gasteiger charge is -2.13. The van der Waals surface area contributed by atoms with Crippen molar-refractivity contribution < 1.29 is 17.9 Å². The molecule has 0 saturated heterocycles. The largest absolute Gasteiger partial charge is 0.495 e. The molecule has 0 bridgehead atoms. The summed E-state index contributed by atoms with van der Waals surface area (Å²) in [6.07, 6.45) is 5.96. The van der Waals surface area contributed by atoms with Crippen LogP contribution in [0.15, 0.2) is 66.1 Å². The zero-order valence-electron chi connectivity index (χ0n) is 16.9. The van der Waals surface area contributed by atoms with Crippen molar-refractivity contribution in [2.45, 2.75) is 24.4 Å². The van der Waals surface area contributed by atoms with Gasteiger partial charge in [-0.25, -0.2) is 18.1 Å². The van der Waals surface area contributed by atoms with E-state index in [-0.39, 0.29) is 28.7 Å². The Balaban J connectivity index is 1.66. The molecule has 1 amide bonds. The number of hydrogen-bond acceptors (Lipinski definition) is 5. The van der Waals surface area contributed by atoms with Crippen molar-refractivity contribution in [2.24, 2.45) is 0 Å². The molecular formula is C21H23ClN4O4S. The van der Waals surface area contributed by atoms with E-state index in [2.05, 4.69) is 15.0 Å². The third-order valence-electron chi connectivity index (χ3n) is 4.53. The Morgan fingerprint density at radius 2 is 1.97 bits per heavy atom. The molecule has 0 aliphatic heterocycles. The lowest BCUT2D eigenvalue weighted by Crippen LogP contribution is -2.27. The quantitative estimate of drug-likeness (QED) is 0.451. The average molecular weight is 463 g/mol. The van der Waals surface area contributed by atoms with Crippen molar-refractivity contribution in [3.05, 3.63) is 77.3 Å². The van der Waals surface area contributed by atoms with Gasteiger partial charge in [0, 0.05) is 42.6 Å². The summed E-state index contributed by atoms with van der Waals surface area (Å²) in [5.74, 6) is -0.206. The van der Waals surface area contributed by atoms with E-state index in [1.54, 1.807) is 36.8 Å². The fourth-order valence-corrected chi connectivity index (χ4v) is 4.21. The number of rotatable bonds is 10. The highest BCUT2D eigenvalue weighted by atomic mass is 35.5. The zero-order chi connectivity index (χ0) is 22.3. The van der Waals surface area contributed by atoms with E-state index in [1.807, 2.05) is 10.8 Å². The van der Waals surface area contributed by atoms with Gasteiger partial charge in [0.2, 0.25) is 10.0 Å². The minimum absolute atomic E-state index is 0.0767. The normalized spacial score (nSPS) is 11.3. The average Bonchev–Trinajstić information content (AvgIpc) is 3.29. The number of halogens is 1. The van der Waals surface area contributed by atoms with E-state index in [0.717, 1.165) is 12.1 Å². The molecule has 1 heterocycles. The first kappa shape index (κ1) is 22.8. The van der Waals surface area contributed by atoms with Gasteiger partial charge in [-0.15, -0.1) is 0 Å². The van der Waals surface area contributed by atoms with Crippen LogP contribution < -0.4 is 14.8 Å². The molecule has 0 fully saturated rings. The Morgan fingerprint density at radius 3 is 2.65 bits per heavy atom. The fraction of sp³-hybridized carbons (Fsp3) is 0.238. The first-order valence-corrected chi connectivity index (χ1v) is 11.4. The van der Waals surface area contributed by atoms with Crippen LogP contribution in [0.2, 0.25) is 5.02 Å². The summed E-state index contributed by atoms with van der Waals surface area (Å²) in [5, 5.41) is 3.37. The highest BCUT2D eigenvalue weighted by Gasteiger charge is 2.21. The smallest absolute Gasteiger partial charge is 0.251 e. The van der Waals surface area contributed by atoms with E-state index in [9.17, 15) is 13.2 Å². The van der Waals surface area contributed by atoms with Gasteiger partial charge in [0.1, 0.15) is 10.6 Å². The molecule has 1 aromatic heterocycles. The predicted molar refractivity (Wildman–Crippen MR) is 118 cm³/mol. The number of imidazole rings is 1. The lowest BCUT2D eigenvalue weighted by atomic mass is 10.2. The summed E-state index contributed by atoms with van der Waals surface area (Å²) >= 11 is 5.86. The third-order valence-corrected chi connectivity index (χ3v) is 6.21. The monoisotopic (exact) mass is 462 g/mol. The molecule has 0 saturated carbocycles. The summed E-state index contributed by atoms with van der Waals surface area (Å²) in [4.78, 5) is 16.4. The minimum Gasteiger partial charge on any atom is -0.495 e. The van der Waals surface area contributed by atoms with Crippen LogP contribution in [-0.2, 0) is 23.1 Å². The number of nitrogens with zero attached hydrogens (tertiary/aromatic N) is 2. The number of nitrogens with one attached hydrogen (secondary N) is 2. The molecule has 0 aliphatic carbocycles. The van der Waals surface area contributed by atoms with Gasteiger partial charge in [-0.05, 0) is 42.3 Å². The van der Waals surface area contributed by atoms with Gasteiger partial charge in [-0.2, -0.15) is 0 Å². The number of methoxy groups -OCH3 is 1. The van der Waals surface area contributed by atoms with E-state index >= 15 is 0 Å². The number of hydrogen-bond donors (Lipinski definition) is 2. The van der Waals surface area contributed by atoms with Gasteiger partial charge in [0.15, 0.2) is 0 Å². The first-order valence-electron chi connectivity index (χ1n) is 9.55. The van der Waals surface area contributed by atoms with Crippen molar-refractivity contribution in [1.82, 2.24) is 19.6 Å². The third kappa shape index (κ3) is 6.30. The molecular weight excluding hydrogens is 440 g/mol. The molecule has 0 unspecified atom stereocenters. The fourth-order valence-electron chi connectivity index (χ4n) is 2.87. The Morgan fingerprint density at radius 1 is 1.19 bits per heavy atom. The SMILES string of the molecule is COc1ccc(C(=O)NCCCn2ccnc2)cc1S(=O)(=O)NCc1ccc(Cl)cc1. The number of sulfonamides is 1. The number of amides is 1. The van der Waals surface area contributed by atoms with Gasteiger partial charge >= 0.3 is 0 Å². The van der Waals surface area contributed by atoms with Crippen LogP contribution in [0.1, 0.15) is 22.3 Å². The molecule has 8 nitrogen and oxygen atoms in total.